The predicted molar refractivity (Wildman–Crippen MR) is 69.4 cm³/mol. The molecule has 2 heteroatoms. The highest BCUT2D eigenvalue weighted by molar-refractivity contribution is 7.78. The number of aliphatic imine (C=N–C) groups is 1. The topological polar surface area (TPSA) is 12.4 Å². The fourth-order valence-corrected chi connectivity index (χ4v) is 2.39. The minimum atomic E-state index is 0.947. The van der Waals surface area contributed by atoms with E-state index in [0.29, 0.717) is 0 Å². The van der Waals surface area contributed by atoms with Crippen molar-refractivity contribution in [1.82, 2.24) is 0 Å². The molecule has 0 unspecified atom stereocenters. The van der Waals surface area contributed by atoms with Gasteiger partial charge in [0.15, 0.2) is 0 Å². The molecule has 16 heavy (non-hydrogen) atoms. The second kappa shape index (κ2) is 3.67. The van der Waals surface area contributed by atoms with Gasteiger partial charge in [-0.2, -0.15) is 4.99 Å². The second-order valence-corrected chi connectivity index (χ2v) is 4.02. The van der Waals surface area contributed by atoms with Gasteiger partial charge in [0.25, 0.3) is 0 Å². The lowest BCUT2D eigenvalue weighted by Gasteiger charge is -2.01. The summed E-state index contributed by atoms with van der Waals surface area (Å²) in [6.45, 7) is 0. The van der Waals surface area contributed by atoms with Crippen molar-refractivity contribution in [2.24, 2.45) is 4.99 Å². The zero-order valence-corrected chi connectivity index (χ0v) is 9.42. The Morgan fingerprint density at radius 3 is 2.69 bits per heavy atom. The molecule has 76 valence electrons. The van der Waals surface area contributed by atoms with Crippen LogP contribution < -0.4 is 0 Å². The average molecular weight is 223 g/mol. The first-order valence-corrected chi connectivity index (χ1v) is 5.59. The molecular formula is C14H9NS. The number of nitrogens with zero attached hydrogens (tertiary/aromatic N) is 1. The zero-order valence-electron chi connectivity index (χ0n) is 8.60. The molecule has 2 aromatic rings. The Bertz CT molecular complexity index is 610. The molecule has 0 radical (unpaired) electrons. The van der Waals surface area contributed by atoms with Crippen LogP contribution in [0.25, 0.3) is 11.1 Å². The van der Waals surface area contributed by atoms with E-state index in [1.165, 1.54) is 22.3 Å². The van der Waals surface area contributed by atoms with Crippen molar-refractivity contribution >= 4 is 23.1 Å². The zero-order chi connectivity index (χ0) is 11.0. The van der Waals surface area contributed by atoms with E-state index in [1.807, 2.05) is 12.1 Å². The van der Waals surface area contributed by atoms with Gasteiger partial charge in [-0.15, -0.1) is 0 Å². The Hall–Kier alpha value is -1.76. The molecular weight excluding hydrogens is 214 g/mol. The standard InChI is InChI=1S/C14H9NS/c16-9-15-14-7-3-6-12-11-5-2-1-4-10(11)8-13(12)14/h1-7H,8H2. The largest absolute Gasteiger partial charge is 0.194 e. The minimum Gasteiger partial charge on any atom is -0.194 e. The van der Waals surface area contributed by atoms with E-state index in [4.69, 9.17) is 0 Å². The van der Waals surface area contributed by atoms with E-state index < -0.39 is 0 Å². The highest BCUT2D eigenvalue weighted by Crippen LogP contribution is 2.40. The molecule has 2 aromatic carbocycles. The van der Waals surface area contributed by atoms with Crippen LogP contribution in [0.3, 0.4) is 0 Å². The maximum absolute atomic E-state index is 4.67. The van der Waals surface area contributed by atoms with E-state index in [1.54, 1.807) is 0 Å². The molecule has 1 aliphatic carbocycles. The summed E-state index contributed by atoms with van der Waals surface area (Å²) in [5.74, 6) is 0. The van der Waals surface area contributed by atoms with Crippen LogP contribution in [0.15, 0.2) is 47.5 Å². The van der Waals surface area contributed by atoms with Crippen LogP contribution in [0.1, 0.15) is 11.1 Å². The quantitative estimate of drug-likeness (QED) is 0.449. The van der Waals surface area contributed by atoms with Gasteiger partial charge in [0.05, 0.1) is 10.8 Å². The average Bonchev–Trinajstić information content (AvgIpc) is 2.69. The summed E-state index contributed by atoms with van der Waals surface area (Å²) < 4.78 is 0. The Balaban J connectivity index is 2.27. The van der Waals surface area contributed by atoms with Crippen molar-refractivity contribution < 1.29 is 0 Å². The number of thiocarbonyl (C=S) groups is 1. The first-order valence-electron chi connectivity index (χ1n) is 5.18. The lowest BCUT2D eigenvalue weighted by atomic mass is 10.1. The molecule has 1 aliphatic rings. The van der Waals surface area contributed by atoms with Crippen LogP contribution in [0.2, 0.25) is 0 Å². The number of fused-ring (bicyclic) bond motifs is 3. The molecule has 0 N–H and O–H groups in total. The van der Waals surface area contributed by atoms with Gasteiger partial charge in [-0.3, -0.25) is 0 Å². The normalized spacial score (nSPS) is 11.5. The molecule has 0 spiro atoms. The second-order valence-electron chi connectivity index (χ2n) is 3.84. The van der Waals surface area contributed by atoms with Crippen LogP contribution >= 0.6 is 12.2 Å². The summed E-state index contributed by atoms with van der Waals surface area (Å²) in [5, 5.41) is 2.45. The lowest BCUT2D eigenvalue weighted by molar-refractivity contribution is 1.25. The number of isothiocyanates is 1. The van der Waals surface area contributed by atoms with Gasteiger partial charge in [0.1, 0.15) is 0 Å². The predicted octanol–water partition coefficient (Wildman–Crippen LogP) is 3.99. The molecule has 0 fully saturated rings. The third-order valence-electron chi connectivity index (χ3n) is 2.99. The maximum Gasteiger partial charge on any atom is 0.0781 e. The molecule has 0 bridgehead atoms. The number of hydrogen-bond donors (Lipinski definition) is 0. The van der Waals surface area contributed by atoms with Gasteiger partial charge < -0.3 is 0 Å². The third-order valence-corrected chi connectivity index (χ3v) is 3.08. The van der Waals surface area contributed by atoms with E-state index in [2.05, 4.69) is 52.7 Å². The highest BCUT2D eigenvalue weighted by Gasteiger charge is 2.19. The van der Waals surface area contributed by atoms with Gasteiger partial charge in [0.2, 0.25) is 0 Å². The molecule has 0 amide bonds. The lowest BCUT2D eigenvalue weighted by Crippen LogP contribution is -1.80. The monoisotopic (exact) mass is 223 g/mol. The van der Waals surface area contributed by atoms with Crippen molar-refractivity contribution in [2.45, 2.75) is 6.42 Å². The van der Waals surface area contributed by atoms with Crippen LogP contribution in [0.5, 0.6) is 0 Å². The first-order chi connectivity index (χ1) is 7.90. The fraction of sp³-hybridized carbons (Fsp3) is 0.0714. The number of rotatable bonds is 1. The maximum atomic E-state index is 4.67. The van der Waals surface area contributed by atoms with Crippen molar-refractivity contribution in [3.8, 4) is 11.1 Å². The molecule has 0 aliphatic heterocycles. The summed E-state index contributed by atoms with van der Waals surface area (Å²) in [6.07, 6.45) is 0.947. The van der Waals surface area contributed by atoms with Crippen molar-refractivity contribution in [3.63, 3.8) is 0 Å². The summed E-state index contributed by atoms with van der Waals surface area (Å²) in [5.41, 5.74) is 6.18. The van der Waals surface area contributed by atoms with Gasteiger partial charge in [0, 0.05) is 6.42 Å². The summed E-state index contributed by atoms with van der Waals surface area (Å²) in [4.78, 5) is 4.13. The molecule has 0 aromatic heterocycles. The highest BCUT2D eigenvalue weighted by atomic mass is 32.1. The molecule has 3 rings (SSSR count). The van der Waals surface area contributed by atoms with E-state index in [9.17, 15) is 0 Å². The Morgan fingerprint density at radius 2 is 1.81 bits per heavy atom. The van der Waals surface area contributed by atoms with Crippen LogP contribution in [0.4, 0.5) is 5.69 Å². The Kier molecular flexibility index (Phi) is 2.17. The minimum absolute atomic E-state index is 0.947. The van der Waals surface area contributed by atoms with Crippen molar-refractivity contribution in [2.75, 3.05) is 0 Å². The van der Waals surface area contributed by atoms with Gasteiger partial charge in [-0.1, -0.05) is 36.4 Å². The molecule has 0 saturated heterocycles. The number of benzene rings is 2. The van der Waals surface area contributed by atoms with Gasteiger partial charge in [-0.25, -0.2) is 0 Å². The van der Waals surface area contributed by atoms with E-state index >= 15 is 0 Å². The van der Waals surface area contributed by atoms with E-state index in [0.717, 1.165) is 12.1 Å². The van der Waals surface area contributed by atoms with Crippen LogP contribution in [-0.4, -0.2) is 5.16 Å². The van der Waals surface area contributed by atoms with Crippen molar-refractivity contribution in [3.05, 3.63) is 53.6 Å². The van der Waals surface area contributed by atoms with Gasteiger partial charge >= 0.3 is 0 Å². The summed E-state index contributed by atoms with van der Waals surface area (Å²) in [6, 6.07) is 14.6. The molecule has 0 atom stereocenters. The molecule has 0 heterocycles. The molecule has 1 nitrogen and oxygen atoms in total. The SMILES string of the molecule is S=C=Nc1cccc2c1Cc1ccccc1-2. The first kappa shape index (κ1) is 9.46. The summed E-state index contributed by atoms with van der Waals surface area (Å²) >= 11 is 4.67. The smallest absolute Gasteiger partial charge is 0.0781 e. The van der Waals surface area contributed by atoms with E-state index in [-0.39, 0.29) is 0 Å². The van der Waals surface area contributed by atoms with Crippen LogP contribution in [0, 0.1) is 0 Å². The summed E-state index contributed by atoms with van der Waals surface area (Å²) in [7, 11) is 0. The fourth-order valence-electron chi connectivity index (χ4n) is 2.29. The number of hydrogen-bond acceptors (Lipinski definition) is 2. The van der Waals surface area contributed by atoms with Gasteiger partial charge in [-0.05, 0) is 40.5 Å². The van der Waals surface area contributed by atoms with Crippen molar-refractivity contribution in [1.29, 1.82) is 0 Å². The Labute approximate surface area is 99.5 Å². The molecule has 0 saturated carbocycles. The third kappa shape index (κ3) is 1.32. The Morgan fingerprint density at radius 1 is 1.00 bits per heavy atom. The van der Waals surface area contributed by atoms with Crippen LogP contribution in [-0.2, 0) is 6.42 Å².